The highest BCUT2D eigenvalue weighted by atomic mass is 16.2. The van der Waals surface area contributed by atoms with Crippen molar-refractivity contribution < 1.29 is 4.79 Å². The van der Waals surface area contributed by atoms with Gasteiger partial charge in [-0.25, -0.2) is 9.97 Å². The van der Waals surface area contributed by atoms with Gasteiger partial charge in [0.1, 0.15) is 0 Å². The molecule has 5 rings (SSSR count). The van der Waals surface area contributed by atoms with Crippen molar-refractivity contribution in [3.63, 3.8) is 0 Å². The highest BCUT2D eigenvalue weighted by molar-refractivity contribution is 5.82. The number of nitrogens with one attached hydrogen (secondary N) is 1. The summed E-state index contributed by atoms with van der Waals surface area (Å²) in [6, 6.07) is 12.2. The van der Waals surface area contributed by atoms with Gasteiger partial charge in [-0.05, 0) is 47.9 Å². The minimum atomic E-state index is 0.234. The van der Waals surface area contributed by atoms with E-state index in [1.54, 1.807) is 12.4 Å². The molecule has 6 nitrogen and oxygen atoms in total. The molecule has 164 valence electrons. The third-order valence-corrected chi connectivity index (χ3v) is 6.82. The summed E-state index contributed by atoms with van der Waals surface area (Å²) >= 11 is 0. The van der Waals surface area contributed by atoms with Crippen LogP contribution in [0.4, 0.5) is 5.95 Å². The molecule has 0 aliphatic heterocycles. The van der Waals surface area contributed by atoms with Crippen LogP contribution in [0.5, 0.6) is 0 Å². The number of hydrogen-bond acceptors (Lipinski definition) is 5. The van der Waals surface area contributed by atoms with Crippen molar-refractivity contribution in [1.82, 2.24) is 20.3 Å². The summed E-state index contributed by atoms with van der Waals surface area (Å²) < 4.78 is 0. The van der Waals surface area contributed by atoms with Crippen LogP contribution in [0.1, 0.15) is 31.2 Å². The number of pyridine rings is 1. The van der Waals surface area contributed by atoms with Crippen LogP contribution in [0.2, 0.25) is 0 Å². The quantitative estimate of drug-likeness (QED) is 0.634. The summed E-state index contributed by atoms with van der Waals surface area (Å²) in [4.78, 5) is 27.9. The number of rotatable bonds is 6. The molecule has 1 N–H and O–H groups in total. The van der Waals surface area contributed by atoms with E-state index < -0.39 is 0 Å². The van der Waals surface area contributed by atoms with Crippen molar-refractivity contribution in [3.05, 3.63) is 60.6 Å². The van der Waals surface area contributed by atoms with Gasteiger partial charge in [-0.15, -0.1) is 0 Å². The predicted molar refractivity (Wildman–Crippen MR) is 126 cm³/mol. The van der Waals surface area contributed by atoms with Crippen LogP contribution in [0, 0.1) is 17.8 Å². The molecule has 2 heterocycles. The Hall–Kier alpha value is -3.28. The van der Waals surface area contributed by atoms with E-state index in [1.165, 1.54) is 25.7 Å². The standard InChI is InChI=1S/C26H29N5O/c1-31(2)26-29-16-22(18-11-13-27-14-12-18)24(30-26)19-9-7-17(8-10-19)15-28-25(32)23-20-5-3-4-6-21(20)23/h7-14,16,20-21,23H,3-6,15H2,1-2H3,(H,28,32)/t20-,21-/m1/s1. The molecule has 1 amide bonds. The number of amides is 1. The van der Waals surface area contributed by atoms with Gasteiger partial charge in [-0.3, -0.25) is 9.78 Å². The first kappa shape index (κ1) is 20.6. The van der Waals surface area contributed by atoms with Gasteiger partial charge < -0.3 is 10.2 Å². The first-order valence-electron chi connectivity index (χ1n) is 11.4. The Morgan fingerprint density at radius 3 is 2.34 bits per heavy atom. The van der Waals surface area contributed by atoms with Gasteiger partial charge in [-0.1, -0.05) is 37.1 Å². The second kappa shape index (κ2) is 8.69. The van der Waals surface area contributed by atoms with Gasteiger partial charge in [-0.2, -0.15) is 0 Å². The van der Waals surface area contributed by atoms with E-state index in [4.69, 9.17) is 4.98 Å². The number of carbonyl (C=O) groups is 1. The Bertz CT molecular complexity index is 1080. The van der Waals surface area contributed by atoms with Crippen LogP contribution in [-0.2, 0) is 11.3 Å². The first-order chi connectivity index (χ1) is 15.6. The van der Waals surface area contributed by atoms with Crippen molar-refractivity contribution in [2.75, 3.05) is 19.0 Å². The fourth-order valence-electron chi connectivity index (χ4n) is 5.02. The lowest BCUT2D eigenvalue weighted by atomic mass is 10.0. The van der Waals surface area contributed by atoms with E-state index in [1.807, 2.05) is 37.3 Å². The lowest BCUT2D eigenvalue weighted by Crippen LogP contribution is -2.25. The summed E-state index contributed by atoms with van der Waals surface area (Å²) in [5.74, 6) is 2.44. The Morgan fingerprint density at radius 2 is 1.69 bits per heavy atom. The second-order valence-electron chi connectivity index (χ2n) is 9.12. The fourth-order valence-corrected chi connectivity index (χ4v) is 5.02. The molecular formula is C26H29N5O. The maximum atomic E-state index is 12.6. The maximum Gasteiger partial charge on any atom is 0.225 e. The summed E-state index contributed by atoms with van der Waals surface area (Å²) in [6.45, 7) is 0.568. The summed E-state index contributed by atoms with van der Waals surface area (Å²) in [5.41, 5.74) is 4.99. The normalized spacial score (nSPS) is 21.5. The topological polar surface area (TPSA) is 71.0 Å². The van der Waals surface area contributed by atoms with Crippen LogP contribution < -0.4 is 10.2 Å². The molecule has 2 aliphatic carbocycles. The predicted octanol–water partition coefficient (Wildman–Crippen LogP) is 4.32. The summed E-state index contributed by atoms with van der Waals surface area (Å²) in [6.07, 6.45) is 10.5. The van der Waals surface area contributed by atoms with E-state index in [9.17, 15) is 4.79 Å². The molecule has 3 aromatic rings. The Balaban J connectivity index is 1.33. The van der Waals surface area contributed by atoms with Gasteiger partial charge in [0.15, 0.2) is 0 Å². The number of carbonyl (C=O) groups excluding carboxylic acids is 1. The second-order valence-corrected chi connectivity index (χ2v) is 9.12. The lowest BCUT2D eigenvalue weighted by Gasteiger charge is -2.15. The molecule has 2 aromatic heterocycles. The van der Waals surface area contributed by atoms with Gasteiger partial charge in [0.2, 0.25) is 11.9 Å². The highest BCUT2D eigenvalue weighted by Crippen LogP contribution is 2.55. The lowest BCUT2D eigenvalue weighted by molar-refractivity contribution is -0.123. The van der Waals surface area contributed by atoms with E-state index in [0.29, 0.717) is 24.3 Å². The largest absolute Gasteiger partial charge is 0.352 e. The van der Waals surface area contributed by atoms with E-state index in [0.717, 1.165) is 27.9 Å². The number of hydrogen-bond donors (Lipinski definition) is 1. The fraction of sp³-hybridized carbons (Fsp3) is 0.385. The zero-order chi connectivity index (χ0) is 22.1. The Morgan fingerprint density at radius 1 is 1.00 bits per heavy atom. The number of benzene rings is 1. The Labute approximate surface area is 189 Å². The number of aromatic nitrogens is 3. The van der Waals surface area contributed by atoms with Crippen molar-refractivity contribution >= 4 is 11.9 Å². The molecule has 6 heteroatoms. The molecular weight excluding hydrogens is 398 g/mol. The van der Waals surface area contributed by atoms with Gasteiger partial charge in [0.05, 0.1) is 5.69 Å². The van der Waals surface area contributed by atoms with E-state index in [-0.39, 0.29) is 11.8 Å². The van der Waals surface area contributed by atoms with Crippen LogP contribution in [0.3, 0.4) is 0 Å². The maximum absolute atomic E-state index is 12.6. The summed E-state index contributed by atoms with van der Waals surface area (Å²) in [7, 11) is 3.88. The molecule has 2 fully saturated rings. The average molecular weight is 428 g/mol. The van der Waals surface area contributed by atoms with Crippen LogP contribution >= 0.6 is 0 Å². The number of anilines is 1. The van der Waals surface area contributed by atoms with Crippen molar-refractivity contribution in [2.45, 2.75) is 32.2 Å². The molecule has 2 atom stereocenters. The molecule has 0 bridgehead atoms. The molecule has 0 saturated heterocycles. The number of nitrogens with zero attached hydrogens (tertiary/aromatic N) is 4. The molecule has 0 unspecified atom stereocenters. The van der Waals surface area contributed by atoms with E-state index in [2.05, 4.69) is 39.6 Å². The average Bonchev–Trinajstić information content (AvgIpc) is 3.58. The summed E-state index contributed by atoms with van der Waals surface area (Å²) in [5, 5.41) is 3.16. The third-order valence-electron chi connectivity index (χ3n) is 6.82. The third kappa shape index (κ3) is 4.09. The van der Waals surface area contributed by atoms with Gasteiger partial charge >= 0.3 is 0 Å². The first-order valence-corrected chi connectivity index (χ1v) is 11.4. The van der Waals surface area contributed by atoms with Crippen LogP contribution in [-0.4, -0.2) is 35.0 Å². The number of fused-ring (bicyclic) bond motifs is 1. The van der Waals surface area contributed by atoms with Crippen LogP contribution in [0.25, 0.3) is 22.4 Å². The zero-order valence-electron chi connectivity index (χ0n) is 18.7. The Kier molecular flexibility index (Phi) is 5.60. The molecule has 2 aliphatic rings. The SMILES string of the molecule is CN(C)c1ncc(-c2ccncc2)c(-c2ccc(CNC(=O)C3[C@@H]4CCCC[C@@H]34)cc2)n1. The van der Waals surface area contributed by atoms with Crippen molar-refractivity contribution in [3.8, 4) is 22.4 Å². The highest BCUT2D eigenvalue weighted by Gasteiger charge is 2.54. The van der Waals surface area contributed by atoms with Gasteiger partial charge in [0.25, 0.3) is 0 Å². The van der Waals surface area contributed by atoms with Crippen molar-refractivity contribution in [1.29, 1.82) is 0 Å². The van der Waals surface area contributed by atoms with Gasteiger partial charge in [0, 0.05) is 56.3 Å². The minimum absolute atomic E-state index is 0.234. The zero-order valence-corrected chi connectivity index (χ0v) is 18.7. The minimum Gasteiger partial charge on any atom is -0.352 e. The molecule has 1 aromatic carbocycles. The van der Waals surface area contributed by atoms with Crippen LogP contribution in [0.15, 0.2) is 55.0 Å². The molecule has 2 saturated carbocycles. The molecule has 0 radical (unpaired) electrons. The van der Waals surface area contributed by atoms with E-state index >= 15 is 0 Å². The molecule has 32 heavy (non-hydrogen) atoms. The smallest absolute Gasteiger partial charge is 0.225 e. The molecule has 0 spiro atoms. The monoisotopic (exact) mass is 427 g/mol. The van der Waals surface area contributed by atoms with Crippen molar-refractivity contribution in [2.24, 2.45) is 17.8 Å².